The number of benzene rings is 2. The van der Waals surface area contributed by atoms with Crippen molar-refractivity contribution >= 4 is 40.3 Å². The summed E-state index contributed by atoms with van der Waals surface area (Å²) in [5.41, 5.74) is 7.11. The van der Waals surface area contributed by atoms with Crippen LogP contribution in [0.5, 0.6) is 0 Å². The molecule has 4 rings (SSSR count). The molecule has 1 unspecified atom stereocenters. The molecular formula is C26H31N3OS. The lowest BCUT2D eigenvalue weighted by Crippen LogP contribution is -2.48. The molecule has 0 spiro atoms. The Morgan fingerprint density at radius 3 is 2.68 bits per heavy atom. The van der Waals surface area contributed by atoms with E-state index in [9.17, 15) is 4.79 Å². The van der Waals surface area contributed by atoms with E-state index in [-0.39, 0.29) is 11.4 Å². The predicted molar refractivity (Wildman–Crippen MR) is 133 cm³/mol. The summed E-state index contributed by atoms with van der Waals surface area (Å²) in [5, 5.41) is 3.55. The highest BCUT2D eigenvalue weighted by Gasteiger charge is 2.36. The molecule has 1 N–H and O–H groups in total. The molecule has 2 aliphatic rings. The van der Waals surface area contributed by atoms with Crippen LogP contribution in [-0.2, 0) is 4.79 Å². The van der Waals surface area contributed by atoms with Gasteiger partial charge in [-0.25, -0.2) is 4.99 Å². The quantitative estimate of drug-likeness (QED) is 0.577. The largest absolute Gasteiger partial charge is 0.366 e. The van der Waals surface area contributed by atoms with Gasteiger partial charge in [-0.2, -0.15) is 0 Å². The van der Waals surface area contributed by atoms with Gasteiger partial charge in [0.05, 0.1) is 10.6 Å². The summed E-state index contributed by atoms with van der Waals surface area (Å²) in [7, 11) is 0. The van der Waals surface area contributed by atoms with Gasteiger partial charge < -0.3 is 10.2 Å². The molecule has 162 valence electrons. The summed E-state index contributed by atoms with van der Waals surface area (Å²) in [4.78, 5) is 20.5. The maximum absolute atomic E-state index is 12.6. The fourth-order valence-electron chi connectivity index (χ4n) is 4.82. The van der Waals surface area contributed by atoms with E-state index in [0.717, 1.165) is 29.8 Å². The van der Waals surface area contributed by atoms with Crippen molar-refractivity contribution in [1.29, 1.82) is 0 Å². The maximum atomic E-state index is 12.6. The Morgan fingerprint density at radius 1 is 1.23 bits per heavy atom. The lowest BCUT2D eigenvalue weighted by atomic mass is 9.79. The fraction of sp³-hybridized carbons (Fsp3) is 0.385. The van der Waals surface area contributed by atoms with E-state index < -0.39 is 0 Å². The molecule has 5 heteroatoms. The first-order valence-corrected chi connectivity index (χ1v) is 11.8. The molecule has 2 aromatic rings. The first kappa shape index (κ1) is 21.7. The Bertz CT molecular complexity index is 1100. The first-order chi connectivity index (χ1) is 14.7. The van der Waals surface area contributed by atoms with E-state index >= 15 is 0 Å². The number of amidine groups is 1. The molecule has 31 heavy (non-hydrogen) atoms. The zero-order chi connectivity index (χ0) is 22.3. The minimum Gasteiger partial charge on any atom is -0.366 e. The van der Waals surface area contributed by atoms with Gasteiger partial charge in [0, 0.05) is 17.8 Å². The van der Waals surface area contributed by atoms with Crippen molar-refractivity contribution in [2.24, 2.45) is 4.99 Å². The fourth-order valence-corrected chi connectivity index (χ4v) is 5.65. The number of nitrogens with zero attached hydrogens (tertiary/aromatic N) is 2. The molecule has 2 aromatic carbocycles. The number of hydrogen-bond donors (Lipinski definition) is 1. The minimum atomic E-state index is -0.0844. The van der Waals surface area contributed by atoms with Crippen LogP contribution in [0.15, 0.2) is 46.3 Å². The summed E-state index contributed by atoms with van der Waals surface area (Å²) in [5.74, 6) is 0.396. The summed E-state index contributed by atoms with van der Waals surface area (Å²) in [6.07, 6.45) is 3.13. The number of para-hydroxylation sites is 1. The van der Waals surface area contributed by atoms with E-state index in [2.05, 4.69) is 62.0 Å². The number of anilines is 1. The van der Waals surface area contributed by atoms with Gasteiger partial charge in [0.1, 0.15) is 0 Å². The lowest BCUT2D eigenvalue weighted by molar-refractivity contribution is -0.115. The van der Waals surface area contributed by atoms with Crippen molar-refractivity contribution in [2.45, 2.75) is 59.4 Å². The predicted octanol–water partition coefficient (Wildman–Crippen LogP) is 6.31. The van der Waals surface area contributed by atoms with Crippen molar-refractivity contribution in [1.82, 2.24) is 5.32 Å². The monoisotopic (exact) mass is 433 g/mol. The molecule has 0 aromatic heterocycles. The van der Waals surface area contributed by atoms with E-state index in [1.165, 1.54) is 28.6 Å². The van der Waals surface area contributed by atoms with Gasteiger partial charge in [-0.15, -0.1) is 0 Å². The average molecular weight is 434 g/mol. The van der Waals surface area contributed by atoms with Crippen molar-refractivity contribution in [3.8, 4) is 0 Å². The number of hydrogen-bond acceptors (Lipinski definition) is 4. The van der Waals surface area contributed by atoms with Crippen LogP contribution < -0.4 is 10.2 Å². The van der Waals surface area contributed by atoms with Gasteiger partial charge in [-0.3, -0.25) is 4.79 Å². The molecule has 0 radical (unpaired) electrons. The van der Waals surface area contributed by atoms with Crippen LogP contribution in [0.1, 0.15) is 62.3 Å². The molecule has 2 heterocycles. The molecule has 1 amide bonds. The second kappa shape index (κ2) is 8.19. The van der Waals surface area contributed by atoms with Crippen LogP contribution in [0.2, 0.25) is 0 Å². The summed E-state index contributed by atoms with van der Waals surface area (Å²) in [6.45, 7) is 14.3. The van der Waals surface area contributed by atoms with Gasteiger partial charge >= 0.3 is 0 Å². The summed E-state index contributed by atoms with van der Waals surface area (Å²) in [6, 6.07) is 12.5. The topological polar surface area (TPSA) is 44.7 Å². The second-order valence-electron chi connectivity index (χ2n) is 9.20. The van der Waals surface area contributed by atoms with E-state index in [1.807, 2.05) is 37.3 Å². The Morgan fingerprint density at radius 2 is 1.97 bits per heavy atom. The SMILES string of the molecule is CCN1c2cc(C)c(/C=C3\SC(=Nc4ccccc4C)NC3=O)cc2C(C)CC1(C)C. The van der Waals surface area contributed by atoms with Crippen LogP contribution in [0, 0.1) is 13.8 Å². The van der Waals surface area contributed by atoms with E-state index in [0.29, 0.717) is 16.0 Å². The summed E-state index contributed by atoms with van der Waals surface area (Å²) >= 11 is 1.41. The highest BCUT2D eigenvalue weighted by molar-refractivity contribution is 8.18. The molecular weight excluding hydrogens is 402 g/mol. The number of thioether (sulfide) groups is 1. The highest BCUT2D eigenvalue weighted by atomic mass is 32.2. The Kier molecular flexibility index (Phi) is 5.73. The van der Waals surface area contributed by atoms with Gasteiger partial charge in [-0.1, -0.05) is 25.1 Å². The molecule has 0 aliphatic carbocycles. The van der Waals surface area contributed by atoms with Crippen LogP contribution in [0.4, 0.5) is 11.4 Å². The minimum absolute atomic E-state index is 0.0844. The highest BCUT2D eigenvalue weighted by Crippen LogP contribution is 2.44. The van der Waals surface area contributed by atoms with Crippen LogP contribution >= 0.6 is 11.8 Å². The third-order valence-corrected chi connectivity index (χ3v) is 7.27. The number of aryl methyl sites for hydroxylation is 2. The normalized spacial score (nSPS) is 22.7. The number of carbonyl (C=O) groups is 1. The Balaban J connectivity index is 1.68. The molecule has 1 saturated heterocycles. The van der Waals surface area contributed by atoms with Crippen LogP contribution in [0.3, 0.4) is 0 Å². The van der Waals surface area contributed by atoms with Gasteiger partial charge in [0.15, 0.2) is 5.17 Å². The standard InChI is InChI=1S/C26H31N3OS/c1-7-29-22-12-17(3)19(13-20(22)18(4)15-26(29,5)6)14-23-24(30)28-25(31-23)27-21-11-9-8-10-16(21)2/h8-14,18H,7,15H2,1-6H3,(H,27,28,30)/b23-14-. The van der Waals surface area contributed by atoms with Crippen molar-refractivity contribution < 1.29 is 4.79 Å². The number of nitrogens with one attached hydrogen (secondary N) is 1. The van der Waals surface area contributed by atoms with Gasteiger partial charge in [0.2, 0.25) is 0 Å². The zero-order valence-electron chi connectivity index (χ0n) is 19.2. The number of rotatable bonds is 3. The van der Waals surface area contributed by atoms with E-state index in [4.69, 9.17) is 0 Å². The summed E-state index contributed by atoms with van der Waals surface area (Å²) < 4.78 is 0. The third kappa shape index (κ3) is 4.16. The number of fused-ring (bicyclic) bond motifs is 1. The molecule has 1 atom stereocenters. The maximum Gasteiger partial charge on any atom is 0.264 e. The second-order valence-corrected chi connectivity index (χ2v) is 10.2. The lowest BCUT2D eigenvalue weighted by Gasteiger charge is -2.47. The zero-order valence-corrected chi connectivity index (χ0v) is 20.1. The van der Waals surface area contributed by atoms with Crippen molar-refractivity contribution in [3.63, 3.8) is 0 Å². The number of aliphatic imine (C=N–C) groups is 1. The van der Waals surface area contributed by atoms with Crippen molar-refractivity contribution in [2.75, 3.05) is 11.4 Å². The number of amides is 1. The average Bonchev–Trinajstić information content (AvgIpc) is 3.03. The van der Waals surface area contributed by atoms with Crippen LogP contribution in [-0.4, -0.2) is 23.2 Å². The smallest absolute Gasteiger partial charge is 0.264 e. The van der Waals surface area contributed by atoms with Crippen LogP contribution in [0.25, 0.3) is 6.08 Å². The van der Waals surface area contributed by atoms with Gasteiger partial charge in [0.25, 0.3) is 5.91 Å². The van der Waals surface area contributed by atoms with E-state index in [1.54, 1.807) is 0 Å². The molecule has 2 aliphatic heterocycles. The number of carbonyl (C=O) groups excluding carboxylic acids is 1. The Labute approximate surface area is 189 Å². The molecule has 0 saturated carbocycles. The van der Waals surface area contributed by atoms with Crippen molar-refractivity contribution in [3.05, 3.63) is 63.6 Å². The molecule has 0 bridgehead atoms. The van der Waals surface area contributed by atoms with Gasteiger partial charge in [-0.05, 0) is 105 Å². The molecule has 4 nitrogen and oxygen atoms in total. The Hall–Kier alpha value is -2.53. The first-order valence-electron chi connectivity index (χ1n) is 11.0. The molecule has 1 fully saturated rings. The third-order valence-electron chi connectivity index (χ3n) is 6.36.